The lowest BCUT2D eigenvalue weighted by molar-refractivity contribution is 0.0794. The number of halogens is 3. The molecule has 0 radical (unpaired) electrons. The van der Waals surface area contributed by atoms with Gasteiger partial charge in [0.05, 0.1) is 6.10 Å². The van der Waals surface area contributed by atoms with Gasteiger partial charge in [-0.15, -0.1) is 0 Å². The highest BCUT2D eigenvalue weighted by Gasteiger charge is 2.23. The Balaban J connectivity index is 3.36. The van der Waals surface area contributed by atoms with Gasteiger partial charge in [-0.1, -0.05) is 6.92 Å². The fourth-order valence-electron chi connectivity index (χ4n) is 0.391. The van der Waals surface area contributed by atoms with E-state index in [-0.39, 0.29) is 6.10 Å². The Labute approximate surface area is 58.6 Å². The molecule has 0 aromatic heterocycles. The van der Waals surface area contributed by atoms with E-state index in [2.05, 4.69) is 4.74 Å². The summed E-state index contributed by atoms with van der Waals surface area (Å²) >= 11 is 0. The standard InChI is InChI=1S/C5H11BF3O/c1-3-5(2)10-4-6(7,8)9/h5H,3-4H2,1-2H3/q-1. The highest BCUT2D eigenvalue weighted by molar-refractivity contribution is 6.58. The van der Waals surface area contributed by atoms with Crippen molar-refractivity contribution in [2.24, 2.45) is 0 Å². The van der Waals surface area contributed by atoms with E-state index < -0.39 is 13.5 Å². The zero-order valence-electron chi connectivity index (χ0n) is 6.11. The monoisotopic (exact) mass is 155 g/mol. The Morgan fingerprint density at radius 3 is 2.20 bits per heavy atom. The van der Waals surface area contributed by atoms with Crippen LogP contribution in [-0.4, -0.2) is 19.6 Å². The molecule has 5 heteroatoms. The molecule has 62 valence electrons. The minimum atomic E-state index is -4.76. The topological polar surface area (TPSA) is 9.23 Å². The van der Waals surface area contributed by atoms with Crippen LogP contribution in [0.15, 0.2) is 0 Å². The third-order valence-electron chi connectivity index (χ3n) is 1.14. The van der Waals surface area contributed by atoms with Crippen LogP contribution in [0.1, 0.15) is 20.3 Å². The van der Waals surface area contributed by atoms with Gasteiger partial charge < -0.3 is 17.7 Å². The summed E-state index contributed by atoms with van der Waals surface area (Å²) in [6.07, 6.45) is 0.329. The second-order valence-electron chi connectivity index (χ2n) is 2.26. The maximum Gasteiger partial charge on any atom is 0.503 e. The van der Waals surface area contributed by atoms with Crippen LogP contribution < -0.4 is 0 Å². The Hall–Kier alpha value is -0.185. The first-order chi connectivity index (χ1) is 4.45. The van der Waals surface area contributed by atoms with Gasteiger partial charge in [0, 0.05) is 6.51 Å². The molecule has 0 N–H and O–H groups in total. The summed E-state index contributed by atoms with van der Waals surface area (Å²) in [5.41, 5.74) is 0. The zero-order valence-corrected chi connectivity index (χ0v) is 6.11. The molecule has 0 rings (SSSR count). The van der Waals surface area contributed by atoms with E-state index in [9.17, 15) is 12.9 Å². The molecule has 0 aromatic carbocycles. The van der Waals surface area contributed by atoms with E-state index in [0.717, 1.165) is 0 Å². The van der Waals surface area contributed by atoms with Crippen LogP contribution in [0.25, 0.3) is 0 Å². The lowest BCUT2D eigenvalue weighted by atomic mass is 9.95. The van der Waals surface area contributed by atoms with Gasteiger partial charge >= 0.3 is 6.98 Å². The highest BCUT2D eigenvalue weighted by Crippen LogP contribution is 2.10. The van der Waals surface area contributed by atoms with Crippen molar-refractivity contribution < 1.29 is 17.7 Å². The van der Waals surface area contributed by atoms with Gasteiger partial charge in [0.25, 0.3) is 0 Å². The van der Waals surface area contributed by atoms with Gasteiger partial charge in [0.1, 0.15) is 0 Å². The molecule has 0 aliphatic rings. The Morgan fingerprint density at radius 2 is 1.90 bits per heavy atom. The molecule has 0 fully saturated rings. The van der Waals surface area contributed by atoms with Gasteiger partial charge in [-0.05, 0) is 13.3 Å². The minimum Gasteiger partial charge on any atom is -0.447 e. The fourth-order valence-corrected chi connectivity index (χ4v) is 0.391. The van der Waals surface area contributed by atoms with E-state index >= 15 is 0 Å². The van der Waals surface area contributed by atoms with E-state index in [0.29, 0.717) is 6.42 Å². The molecule has 1 nitrogen and oxygen atoms in total. The molecule has 0 saturated heterocycles. The van der Waals surface area contributed by atoms with E-state index in [1.807, 2.05) is 0 Å². The molecule has 0 saturated carbocycles. The molecule has 0 aliphatic heterocycles. The van der Waals surface area contributed by atoms with Crippen LogP contribution >= 0.6 is 0 Å². The summed E-state index contributed by atoms with van der Waals surface area (Å²) in [7, 11) is 0. The lowest BCUT2D eigenvalue weighted by Gasteiger charge is -2.17. The summed E-state index contributed by atoms with van der Waals surface area (Å²) in [5, 5.41) is 0. The molecule has 0 aromatic rings. The van der Waals surface area contributed by atoms with Crippen LogP contribution in [0.5, 0.6) is 0 Å². The summed E-state index contributed by atoms with van der Waals surface area (Å²) in [5.74, 6) is 0. The summed E-state index contributed by atoms with van der Waals surface area (Å²) in [4.78, 5) is 0. The first-order valence-electron chi connectivity index (χ1n) is 3.28. The third kappa shape index (κ3) is 5.94. The summed E-state index contributed by atoms with van der Waals surface area (Å²) in [6.45, 7) is -2.42. The predicted octanol–water partition coefficient (Wildman–Crippen LogP) is 2.19. The van der Waals surface area contributed by atoms with E-state index in [1.165, 1.54) is 0 Å². The Morgan fingerprint density at radius 1 is 1.40 bits per heavy atom. The van der Waals surface area contributed by atoms with Crippen molar-refractivity contribution >= 4 is 6.98 Å². The van der Waals surface area contributed by atoms with Gasteiger partial charge in [0.15, 0.2) is 0 Å². The fraction of sp³-hybridized carbons (Fsp3) is 1.00. The quantitative estimate of drug-likeness (QED) is 0.565. The van der Waals surface area contributed by atoms with Crippen molar-refractivity contribution in [3.8, 4) is 0 Å². The summed E-state index contributed by atoms with van der Waals surface area (Å²) < 4.78 is 38.9. The molecule has 10 heavy (non-hydrogen) atoms. The normalized spacial score (nSPS) is 15.3. The molecule has 1 unspecified atom stereocenters. The van der Waals surface area contributed by atoms with Crippen molar-refractivity contribution in [1.29, 1.82) is 0 Å². The van der Waals surface area contributed by atoms with Crippen molar-refractivity contribution in [2.45, 2.75) is 26.4 Å². The maximum atomic E-state index is 11.5. The van der Waals surface area contributed by atoms with Gasteiger partial charge in [0.2, 0.25) is 0 Å². The molecule has 0 aliphatic carbocycles. The lowest BCUT2D eigenvalue weighted by Crippen LogP contribution is -2.26. The van der Waals surface area contributed by atoms with Crippen LogP contribution in [-0.2, 0) is 4.74 Å². The second kappa shape index (κ2) is 3.86. The largest absolute Gasteiger partial charge is 0.503 e. The predicted molar refractivity (Wildman–Crippen MR) is 34.8 cm³/mol. The average molecular weight is 155 g/mol. The highest BCUT2D eigenvalue weighted by atomic mass is 19.4. The summed E-state index contributed by atoms with van der Waals surface area (Å²) in [6, 6.07) is 0. The minimum absolute atomic E-state index is 0.288. The van der Waals surface area contributed by atoms with Crippen molar-refractivity contribution in [1.82, 2.24) is 0 Å². The van der Waals surface area contributed by atoms with Crippen LogP contribution in [0.4, 0.5) is 12.9 Å². The first-order valence-corrected chi connectivity index (χ1v) is 3.28. The van der Waals surface area contributed by atoms with Crippen LogP contribution in [0, 0.1) is 0 Å². The Kier molecular flexibility index (Phi) is 3.79. The van der Waals surface area contributed by atoms with Crippen LogP contribution in [0.3, 0.4) is 0 Å². The number of rotatable bonds is 4. The number of hydrogen-bond donors (Lipinski definition) is 0. The van der Waals surface area contributed by atoms with Gasteiger partial charge in [-0.25, -0.2) is 0 Å². The van der Waals surface area contributed by atoms with Gasteiger partial charge in [-0.2, -0.15) is 0 Å². The van der Waals surface area contributed by atoms with Gasteiger partial charge in [-0.3, -0.25) is 0 Å². The average Bonchev–Trinajstić information content (AvgIpc) is 1.81. The van der Waals surface area contributed by atoms with E-state index in [4.69, 9.17) is 0 Å². The zero-order chi connectivity index (χ0) is 8.20. The smallest absolute Gasteiger partial charge is 0.447 e. The van der Waals surface area contributed by atoms with Crippen LogP contribution in [0.2, 0.25) is 0 Å². The second-order valence-corrected chi connectivity index (χ2v) is 2.26. The number of hydrogen-bond acceptors (Lipinski definition) is 1. The number of ether oxygens (including phenoxy) is 1. The first kappa shape index (κ1) is 9.81. The molecular weight excluding hydrogens is 144 g/mol. The SMILES string of the molecule is CCC(C)OC[B-](F)(F)F. The Bertz CT molecular complexity index is 93.4. The molecule has 0 spiro atoms. The molecule has 0 amide bonds. The molecule has 0 bridgehead atoms. The maximum absolute atomic E-state index is 11.5. The third-order valence-corrected chi connectivity index (χ3v) is 1.14. The van der Waals surface area contributed by atoms with Crippen molar-refractivity contribution in [3.05, 3.63) is 0 Å². The van der Waals surface area contributed by atoms with Crippen molar-refractivity contribution in [3.63, 3.8) is 0 Å². The van der Waals surface area contributed by atoms with Crippen molar-refractivity contribution in [2.75, 3.05) is 6.51 Å². The molecule has 0 heterocycles. The molecule has 1 atom stereocenters. The molecular formula is C5H11BF3O-. The van der Waals surface area contributed by atoms with E-state index in [1.54, 1.807) is 13.8 Å².